The normalized spacial score (nSPS) is 12.9. The minimum atomic E-state index is -0.569. The van der Waals surface area contributed by atoms with Crippen molar-refractivity contribution in [3.63, 3.8) is 0 Å². The van der Waals surface area contributed by atoms with Crippen LogP contribution in [0, 0.1) is 5.92 Å². The molecule has 0 heterocycles. The fourth-order valence-electron chi connectivity index (χ4n) is 0.770. The molecule has 84 valence electrons. The monoisotopic (exact) mass is 192 g/mol. The van der Waals surface area contributed by atoms with Crippen molar-refractivity contribution in [3.05, 3.63) is 0 Å². The molecular formula is C12H29F. The van der Waals surface area contributed by atoms with Crippen molar-refractivity contribution < 1.29 is 4.39 Å². The molecule has 0 rings (SSSR count). The zero-order valence-electron chi connectivity index (χ0n) is 10.7. The van der Waals surface area contributed by atoms with Crippen molar-refractivity contribution in [1.29, 1.82) is 0 Å². The van der Waals surface area contributed by atoms with E-state index in [1.807, 2.05) is 34.6 Å². The molecule has 13 heavy (non-hydrogen) atoms. The van der Waals surface area contributed by atoms with E-state index in [0.717, 1.165) is 12.8 Å². The van der Waals surface area contributed by atoms with Gasteiger partial charge in [0.1, 0.15) is 6.17 Å². The second-order valence-corrected chi connectivity index (χ2v) is 2.75. The molecule has 0 amide bonds. The molecule has 0 nitrogen and oxygen atoms in total. The smallest absolute Gasteiger partial charge is 0.100 e. The molecule has 0 fully saturated rings. The summed E-state index contributed by atoms with van der Waals surface area (Å²) in [5, 5.41) is 0. The van der Waals surface area contributed by atoms with E-state index in [9.17, 15) is 4.39 Å². The van der Waals surface area contributed by atoms with Gasteiger partial charge in [0, 0.05) is 0 Å². The van der Waals surface area contributed by atoms with Crippen LogP contribution in [0.4, 0.5) is 4.39 Å². The van der Waals surface area contributed by atoms with Gasteiger partial charge < -0.3 is 0 Å². The van der Waals surface area contributed by atoms with Crippen molar-refractivity contribution >= 4 is 0 Å². The van der Waals surface area contributed by atoms with Crippen LogP contribution in [0.15, 0.2) is 0 Å². The molecule has 0 aromatic rings. The van der Waals surface area contributed by atoms with E-state index >= 15 is 0 Å². The summed E-state index contributed by atoms with van der Waals surface area (Å²) in [7, 11) is 0. The Morgan fingerprint density at radius 3 is 1.54 bits per heavy atom. The van der Waals surface area contributed by atoms with E-state index in [4.69, 9.17) is 0 Å². The summed E-state index contributed by atoms with van der Waals surface area (Å²) in [4.78, 5) is 0. The molecule has 0 saturated heterocycles. The highest BCUT2D eigenvalue weighted by Gasteiger charge is 2.06. The van der Waals surface area contributed by atoms with Gasteiger partial charge in [-0.05, 0) is 18.8 Å². The lowest BCUT2D eigenvalue weighted by Gasteiger charge is -2.09. The van der Waals surface area contributed by atoms with Crippen molar-refractivity contribution in [3.8, 4) is 0 Å². The highest BCUT2D eigenvalue weighted by atomic mass is 19.1. The Morgan fingerprint density at radius 1 is 0.923 bits per heavy atom. The number of halogens is 1. The maximum absolute atomic E-state index is 12.6. The Balaban J connectivity index is -0.000000218. The molecule has 0 aliphatic heterocycles. The van der Waals surface area contributed by atoms with E-state index in [1.54, 1.807) is 0 Å². The first-order chi connectivity index (χ1) is 6.20. The Morgan fingerprint density at radius 2 is 1.31 bits per heavy atom. The first kappa shape index (κ1) is 18.7. The van der Waals surface area contributed by atoms with Gasteiger partial charge in [0.25, 0.3) is 0 Å². The van der Waals surface area contributed by atoms with Gasteiger partial charge in [-0.25, -0.2) is 4.39 Å². The molecule has 0 aliphatic rings. The highest BCUT2D eigenvalue weighted by molar-refractivity contribution is 4.57. The summed E-state index contributed by atoms with van der Waals surface area (Å²) in [6, 6.07) is 0. The van der Waals surface area contributed by atoms with Crippen molar-refractivity contribution in [2.45, 2.75) is 73.9 Å². The fraction of sp³-hybridized carbons (Fsp3) is 1.00. The Hall–Kier alpha value is -0.0700. The summed E-state index contributed by atoms with van der Waals surface area (Å²) in [5.41, 5.74) is 0. The van der Waals surface area contributed by atoms with Gasteiger partial charge in [0.2, 0.25) is 0 Å². The van der Waals surface area contributed by atoms with Crippen LogP contribution in [0.5, 0.6) is 0 Å². The van der Waals surface area contributed by atoms with Crippen LogP contribution in [0.1, 0.15) is 67.7 Å². The molecule has 0 N–H and O–H groups in total. The van der Waals surface area contributed by atoms with Gasteiger partial charge in [-0.3, -0.25) is 0 Å². The third-order valence-corrected chi connectivity index (χ3v) is 1.80. The second kappa shape index (κ2) is 17.9. The Labute approximate surface area is 84.9 Å². The zero-order chi connectivity index (χ0) is 11.3. The minimum Gasteiger partial charge on any atom is -0.247 e. The number of hydrogen-bond donors (Lipinski definition) is 0. The Kier molecular flexibility index (Phi) is 25.7. The Bertz CT molecular complexity index is 54.1. The second-order valence-electron chi connectivity index (χ2n) is 2.75. The predicted octanol–water partition coefficient (Wildman–Crippen LogP) is 5.22. The van der Waals surface area contributed by atoms with Crippen LogP contribution in [0.25, 0.3) is 0 Å². The SMILES string of the molecule is CC.CC.CCC(C)CC(F)CC. The summed E-state index contributed by atoms with van der Waals surface area (Å²) in [5.74, 6) is 0.556. The first-order valence-corrected chi connectivity index (χ1v) is 5.84. The van der Waals surface area contributed by atoms with E-state index in [1.165, 1.54) is 0 Å². The quantitative estimate of drug-likeness (QED) is 0.572. The molecule has 0 bridgehead atoms. The molecule has 0 spiro atoms. The van der Waals surface area contributed by atoms with Gasteiger partial charge in [-0.15, -0.1) is 0 Å². The highest BCUT2D eigenvalue weighted by Crippen LogP contribution is 2.13. The van der Waals surface area contributed by atoms with E-state index in [-0.39, 0.29) is 0 Å². The molecule has 0 radical (unpaired) electrons. The van der Waals surface area contributed by atoms with Crippen LogP contribution in [-0.4, -0.2) is 6.17 Å². The maximum Gasteiger partial charge on any atom is 0.100 e. The van der Waals surface area contributed by atoms with E-state index in [0.29, 0.717) is 12.3 Å². The molecule has 0 aliphatic carbocycles. The molecule has 2 unspecified atom stereocenters. The summed E-state index contributed by atoms with van der Waals surface area (Å²) >= 11 is 0. The van der Waals surface area contributed by atoms with Gasteiger partial charge in [0.15, 0.2) is 0 Å². The van der Waals surface area contributed by atoms with Crippen LogP contribution in [0.2, 0.25) is 0 Å². The minimum absolute atomic E-state index is 0.556. The topological polar surface area (TPSA) is 0 Å². The lowest BCUT2D eigenvalue weighted by molar-refractivity contribution is 0.265. The molecule has 0 aromatic heterocycles. The van der Waals surface area contributed by atoms with Crippen molar-refractivity contribution in [1.82, 2.24) is 0 Å². The van der Waals surface area contributed by atoms with Gasteiger partial charge >= 0.3 is 0 Å². The molecule has 0 aromatic carbocycles. The number of alkyl halides is 1. The zero-order valence-corrected chi connectivity index (χ0v) is 10.7. The third kappa shape index (κ3) is 18.7. The molecule has 1 heteroatoms. The van der Waals surface area contributed by atoms with Gasteiger partial charge in [-0.2, -0.15) is 0 Å². The molecule has 0 saturated carbocycles. The van der Waals surface area contributed by atoms with Gasteiger partial charge in [0.05, 0.1) is 0 Å². The maximum atomic E-state index is 12.6. The van der Waals surface area contributed by atoms with E-state index < -0.39 is 6.17 Å². The number of hydrogen-bond acceptors (Lipinski definition) is 0. The lowest BCUT2D eigenvalue weighted by atomic mass is 10.0. The molecular weight excluding hydrogens is 163 g/mol. The number of rotatable bonds is 4. The van der Waals surface area contributed by atoms with Crippen LogP contribution in [0.3, 0.4) is 0 Å². The van der Waals surface area contributed by atoms with Crippen molar-refractivity contribution in [2.24, 2.45) is 5.92 Å². The van der Waals surface area contributed by atoms with Crippen LogP contribution >= 0.6 is 0 Å². The van der Waals surface area contributed by atoms with Crippen LogP contribution in [-0.2, 0) is 0 Å². The third-order valence-electron chi connectivity index (χ3n) is 1.80. The molecule has 2 atom stereocenters. The van der Waals surface area contributed by atoms with Gasteiger partial charge in [-0.1, -0.05) is 54.9 Å². The average Bonchev–Trinajstić information content (AvgIpc) is 2.23. The standard InChI is InChI=1S/C8H17F.2C2H6/c1-4-7(3)6-8(9)5-2;2*1-2/h7-8H,4-6H2,1-3H3;2*1-2H3. The lowest BCUT2D eigenvalue weighted by Crippen LogP contribution is -2.04. The van der Waals surface area contributed by atoms with Crippen molar-refractivity contribution in [2.75, 3.05) is 0 Å². The first-order valence-electron chi connectivity index (χ1n) is 5.84. The predicted molar refractivity (Wildman–Crippen MR) is 62.0 cm³/mol. The summed E-state index contributed by atoms with van der Waals surface area (Å²) in [6.07, 6.45) is 1.94. The van der Waals surface area contributed by atoms with Crippen LogP contribution < -0.4 is 0 Å². The largest absolute Gasteiger partial charge is 0.247 e. The summed E-state index contributed by atoms with van der Waals surface area (Å²) < 4.78 is 12.6. The summed E-state index contributed by atoms with van der Waals surface area (Å²) in [6.45, 7) is 14.1. The van der Waals surface area contributed by atoms with E-state index in [2.05, 4.69) is 13.8 Å². The average molecular weight is 192 g/mol. The fourth-order valence-corrected chi connectivity index (χ4v) is 0.770.